The van der Waals surface area contributed by atoms with Gasteiger partial charge in [-0.25, -0.2) is 4.68 Å². The average molecular weight is 312 g/mol. The summed E-state index contributed by atoms with van der Waals surface area (Å²) < 4.78 is 1.82. The van der Waals surface area contributed by atoms with Crippen molar-refractivity contribution in [2.24, 2.45) is 0 Å². The van der Waals surface area contributed by atoms with Gasteiger partial charge in [0, 0.05) is 25.3 Å². The fourth-order valence-corrected chi connectivity index (χ4v) is 3.11. The summed E-state index contributed by atoms with van der Waals surface area (Å²) in [6.45, 7) is 4.87. The molecule has 3 rings (SSSR count). The Balaban J connectivity index is 1.68. The van der Waals surface area contributed by atoms with Crippen LogP contribution in [-0.2, 0) is 11.2 Å². The third-order valence-corrected chi connectivity index (χ3v) is 4.27. The maximum atomic E-state index is 12.7. The summed E-state index contributed by atoms with van der Waals surface area (Å²) in [5.74, 6) is 0.202. The molecule has 23 heavy (non-hydrogen) atoms. The lowest BCUT2D eigenvalue weighted by atomic mass is 10.1. The number of nitrogens with zero attached hydrogens (tertiary/aromatic N) is 3. The molecule has 1 aliphatic heterocycles. The standard InChI is InChI=1S/C18H24N4O/c1-2-10-21(17-8-9-19-13-17)18(23)11-15-12-20-22(14-15)16-6-4-3-5-7-16/h3-7,12,14,17,19H,2,8-11,13H2,1H3. The lowest BCUT2D eigenvalue weighted by molar-refractivity contribution is -0.132. The summed E-state index contributed by atoms with van der Waals surface area (Å²) in [5.41, 5.74) is 1.97. The predicted molar refractivity (Wildman–Crippen MR) is 90.5 cm³/mol. The number of amides is 1. The maximum Gasteiger partial charge on any atom is 0.227 e. The fourth-order valence-electron chi connectivity index (χ4n) is 3.11. The van der Waals surface area contributed by atoms with Gasteiger partial charge in [-0.1, -0.05) is 25.1 Å². The largest absolute Gasteiger partial charge is 0.338 e. The van der Waals surface area contributed by atoms with Crippen molar-refractivity contribution >= 4 is 5.91 Å². The Morgan fingerprint density at radius 3 is 2.91 bits per heavy atom. The van der Waals surface area contributed by atoms with Gasteiger partial charge in [0.15, 0.2) is 0 Å². The van der Waals surface area contributed by atoms with Crippen molar-refractivity contribution in [2.75, 3.05) is 19.6 Å². The molecule has 1 unspecified atom stereocenters. The van der Waals surface area contributed by atoms with Crippen LogP contribution in [0.15, 0.2) is 42.7 Å². The average Bonchev–Trinajstić information content (AvgIpc) is 3.25. The van der Waals surface area contributed by atoms with E-state index in [2.05, 4.69) is 17.3 Å². The number of rotatable bonds is 6. The molecule has 1 aromatic heterocycles. The van der Waals surface area contributed by atoms with Gasteiger partial charge in [0.2, 0.25) is 5.91 Å². The molecule has 0 bridgehead atoms. The second kappa shape index (κ2) is 7.42. The van der Waals surface area contributed by atoms with Gasteiger partial charge in [-0.3, -0.25) is 4.79 Å². The molecule has 0 aliphatic carbocycles. The first-order valence-corrected chi connectivity index (χ1v) is 8.37. The number of hydrogen-bond donors (Lipinski definition) is 1. The van der Waals surface area contributed by atoms with Gasteiger partial charge in [0.25, 0.3) is 0 Å². The lowest BCUT2D eigenvalue weighted by Crippen LogP contribution is -2.42. The topological polar surface area (TPSA) is 50.2 Å². The normalized spacial score (nSPS) is 17.3. The van der Waals surface area contributed by atoms with E-state index in [0.29, 0.717) is 12.5 Å². The van der Waals surface area contributed by atoms with Crippen molar-refractivity contribution in [1.82, 2.24) is 20.0 Å². The van der Waals surface area contributed by atoms with E-state index >= 15 is 0 Å². The number of carbonyl (C=O) groups is 1. The van der Waals surface area contributed by atoms with Crippen LogP contribution in [0.1, 0.15) is 25.3 Å². The number of carbonyl (C=O) groups excluding carboxylic acids is 1. The molecule has 2 aromatic rings. The first-order chi connectivity index (χ1) is 11.3. The Kier molecular flexibility index (Phi) is 5.08. The van der Waals surface area contributed by atoms with Crippen molar-refractivity contribution in [3.63, 3.8) is 0 Å². The van der Waals surface area contributed by atoms with Crippen molar-refractivity contribution in [1.29, 1.82) is 0 Å². The molecular weight excluding hydrogens is 288 g/mol. The molecule has 2 heterocycles. The summed E-state index contributed by atoms with van der Waals surface area (Å²) in [6.07, 6.45) is 6.20. The summed E-state index contributed by atoms with van der Waals surface area (Å²) in [6, 6.07) is 10.3. The van der Waals surface area contributed by atoms with Crippen LogP contribution in [0, 0.1) is 0 Å². The highest BCUT2D eigenvalue weighted by Gasteiger charge is 2.25. The maximum absolute atomic E-state index is 12.7. The van der Waals surface area contributed by atoms with E-state index in [4.69, 9.17) is 0 Å². The summed E-state index contributed by atoms with van der Waals surface area (Å²) in [4.78, 5) is 14.7. The van der Waals surface area contributed by atoms with Gasteiger partial charge < -0.3 is 10.2 Å². The van der Waals surface area contributed by atoms with E-state index in [-0.39, 0.29) is 5.91 Å². The van der Waals surface area contributed by atoms with Gasteiger partial charge in [-0.05, 0) is 37.1 Å². The molecule has 1 fully saturated rings. The number of benzene rings is 1. The molecule has 5 nitrogen and oxygen atoms in total. The SMILES string of the molecule is CCCN(C(=O)Cc1cnn(-c2ccccc2)c1)C1CCNC1. The molecule has 1 atom stereocenters. The molecule has 1 saturated heterocycles. The number of nitrogens with one attached hydrogen (secondary N) is 1. The molecular formula is C18H24N4O. The van der Waals surface area contributed by atoms with Crippen molar-refractivity contribution in [3.05, 3.63) is 48.3 Å². The van der Waals surface area contributed by atoms with Crippen LogP contribution < -0.4 is 5.32 Å². The van der Waals surface area contributed by atoms with Crippen molar-refractivity contribution in [3.8, 4) is 5.69 Å². The van der Waals surface area contributed by atoms with E-state index in [9.17, 15) is 4.79 Å². The molecule has 1 aliphatic rings. The van der Waals surface area contributed by atoms with Gasteiger partial charge in [-0.15, -0.1) is 0 Å². The van der Waals surface area contributed by atoms with Crippen molar-refractivity contribution < 1.29 is 4.79 Å². The molecule has 5 heteroatoms. The van der Waals surface area contributed by atoms with Crippen LogP contribution in [0.25, 0.3) is 5.69 Å². The summed E-state index contributed by atoms with van der Waals surface area (Å²) >= 11 is 0. The monoisotopic (exact) mass is 312 g/mol. The van der Waals surface area contributed by atoms with Crippen LogP contribution in [0.2, 0.25) is 0 Å². The van der Waals surface area contributed by atoms with Gasteiger partial charge >= 0.3 is 0 Å². The smallest absolute Gasteiger partial charge is 0.227 e. The molecule has 1 amide bonds. The second-order valence-corrected chi connectivity index (χ2v) is 6.04. The van der Waals surface area contributed by atoms with Gasteiger partial charge in [0.05, 0.1) is 18.3 Å². The van der Waals surface area contributed by atoms with Crippen LogP contribution in [0.4, 0.5) is 0 Å². The zero-order chi connectivity index (χ0) is 16.1. The van der Waals surface area contributed by atoms with Crippen LogP contribution in [0.3, 0.4) is 0 Å². The molecule has 0 saturated carbocycles. The van der Waals surface area contributed by atoms with Crippen LogP contribution in [0.5, 0.6) is 0 Å². The highest BCUT2D eigenvalue weighted by molar-refractivity contribution is 5.79. The summed E-state index contributed by atoms with van der Waals surface area (Å²) in [5, 5.41) is 7.72. The van der Waals surface area contributed by atoms with E-state index < -0.39 is 0 Å². The Hall–Kier alpha value is -2.14. The first-order valence-electron chi connectivity index (χ1n) is 8.37. The van der Waals surface area contributed by atoms with Crippen molar-refractivity contribution in [2.45, 2.75) is 32.2 Å². The van der Waals surface area contributed by atoms with Crippen LogP contribution >= 0.6 is 0 Å². The zero-order valence-corrected chi connectivity index (χ0v) is 13.6. The summed E-state index contributed by atoms with van der Waals surface area (Å²) in [7, 11) is 0. The first kappa shape index (κ1) is 15.7. The fraction of sp³-hybridized carbons (Fsp3) is 0.444. The minimum absolute atomic E-state index is 0.202. The molecule has 1 aromatic carbocycles. The van der Waals surface area contributed by atoms with E-state index in [0.717, 1.165) is 43.7 Å². The minimum Gasteiger partial charge on any atom is -0.338 e. The van der Waals surface area contributed by atoms with E-state index in [1.165, 1.54) is 0 Å². The minimum atomic E-state index is 0.202. The third kappa shape index (κ3) is 3.79. The number of aromatic nitrogens is 2. The predicted octanol–water partition coefficient (Wildman–Crippen LogP) is 2.02. The highest BCUT2D eigenvalue weighted by atomic mass is 16.2. The molecule has 0 spiro atoms. The van der Waals surface area contributed by atoms with E-state index in [1.54, 1.807) is 6.20 Å². The molecule has 1 N–H and O–H groups in total. The lowest BCUT2D eigenvalue weighted by Gasteiger charge is -2.28. The Morgan fingerprint density at radius 2 is 2.22 bits per heavy atom. The highest BCUT2D eigenvalue weighted by Crippen LogP contribution is 2.13. The van der Waals surface area contributed by atoms with Gasteiger partial charge in [0.1, 0.15) is 0 Å². The number of hydrogen-bond acceptors (Lipinski definition) is 3. The molecule has 122 valence electrons. The Labute approximate surface area is 137 Å². The Bertz CT molecular complexity index is 631. The Morgan fingerprint density at radius 1 is 1.39 bits per heavy atom. The van der Waals surface area contributed by atoms with Crippen LogP contribution in [-0.4, -0.2) is 46.3 Å². The quantitative estimate of drug-likeness (QED) is 0.888. The van der Waals surface area contributed by atoms with E-state index in [1.807, 2.05) is 46.1 Å². The number of para-hydroxylation sites is 1. The third-order valence-electron chi connectivity index (χ3n) is 4.27. The molecule has 0 radical (unpaired) electrons. The second-order valence-electron chi connectivity index (χ2n) is 6.04. The zero-order valence-electron chi connectivity index (χ0n) is 13.6. The van der Waals surface area contributed by atoms with Gasteiger partial charge in [-0.2, -0.15) is 5.10 Å².